The van der Waals surface area contributed by atoms with Gasteiger partial charge in [0.05, 0.1) is 24.3 Å². The number of hydrogen-bond donors (Lipinski definition) is 1. The number of ether oxygens (including phenoxy) is 1. The zero-order chi connectivity index (χ0) is 18.4. The Hall–Kier alpha value is -3.17. The molecular weight excluding hydrogens is 334 g/mol. The van der Waals surface area contributed by atoms with Gasteiger partial charge >= 0.3 is 0 Å². The van der Waals surface area contributed by atoms with E-state index in [2.05, 4.69) is 10.2 Å². The van der Waals surface area contributed by atoms with E-state index in [1.807, 2.05) is 0 Å². The Balaban J connectivity index is 1.94. The minimum atomic E-state index is -0.924. The van der Waals surface area contributed by atoms with E-state index >= 15 is 0 Å². The molecular formula is C15H17N3O7. The third-order valence-corrected chi connectivity index (χ3v) is 3.41. The lowest BCUT2D eigenvalue weighted by atomic mass is 10.1. The van der Waals surface area contributed by atoms with Crippen LogP contribution in [0.3, 0.4) is 0 Å². The maximum Gasteiger partial charge on any atom is 0.294 e. The van der Waals surface area contributed by atoms with Crippen LogP contribution in [0.15, 0.2) is 18.2 Å². The number of amides is 3. The van der Waals surface area contributed by atoms with Crippen LogP contribution in [-0.4, -0.2) is 54.0 Å². The number of carbonyl (C=O) groups excluding carboxylic acids is 3. The minimum Gasteiger partial charge on any atom is -0.492 e. The molecule has 0 bridgehead atoms. The fraction of sp³-hybridized carbons (Fsp3) is 0.400. The van der Waals surface area contributed by atoms with Crippen molar-refractivity contribution in [3.8, 4) is 5.75 Å². The molecule has 1 heterocycles. The molecule has 0 saturated heterocycles. The predicted octanol–water partition coefficient (Wildman–Crippen LogP) is 0.396. The van der Waals surface area contributed by atoms with E-state index in [9.17, 15) is 24.5 Å². The summed E-state index contributed by atoms with van der Waals surface area (Å²) >= 11 is 0. The second-order valence-electron chi connectivity index (χ2n) is 5.21. The molecule has 0 fully saturated rings. The van der Waals surface area contributed by atoms with Gasteiger partial charge in [0.25, 0.3) is 16.9 Å². The Morgan fingerprint density at radius 3 is 2.64 bits per heavy atom. The Morgan fingerprint density at radius 1 is 1.24 bits per heavy atom. The van der Waals surface area contributed by atoms with Gasteiger partial charge in [-0.2, -0.15) is 0 Å². The van der Waals surface area contributed by atoms with Gasteiger partial charge in [-0.1, -0.05) is 0 Å². The van der Waals surface area contributed by atoms with Crippen LogP contribution in [0.5, 0.6) is 5.75 Å². The van der Waals surface area contributed by atoms with Crippen LogP contribution in [0.2, 0.25) is 0 Å². The number of nitrogens with zero attached hydrogens (tertiary/aromatic N) is 2. The van der Waals surface area contributed by atoms with Crippen molar-refractivity contribution in [1.29, 1.82) is 0 Å². The summed E-state index contributed by atoms with van der Waals surface area (Å²) in [4.78, 5) is 50.6. The van der Waals surface area contributed by atoms with Crippen molar-refractivity contribution >= 4 is 17.7 Å². The lowest BCUT2D eigenvalue weighted by Gasteiger charge is -2.12. The van der Waals surface area contributed by atoms with E-state index in [0.29, 0.717) is 12.3 Å². The fourth-order valence-corrected chi connectivity index (χ4v) is 2.32. The molecule has 0 unspecified atom stereocenters. The van der Waals surface area contributed by atoms with Gasteiger partial charge in [-0.15, -0.1) is 10.1 Å². The van der Waals surface area contributed by atoms with Gasteiger partial charge in [0.15, 0.2) is 0 Å². The quantitative estimate of drug-likeness (QED) is 0.295. The summed E-state index contributed by atoms with van der Waals surface area (Å²) in [6.45, 7) is 1.77. The lowest BCUT2D eigenvalue weighted by Crippen LogP contribution is -2.31. The van der Waals surface area contributed by atoms with Crippen molar-refractivity contribution in [3.05, 3.63) is 39.4 Å². The zero-order valence-electron chi connectivity index (χ0n) is 13.5. The smallest absolute Gasteiger partial charge is 0.294 e. The van der Waals surface area contributed by atoms with Crippen LogP contribution >= 0.6 is 0 Å². The van der Waals surface area contributed by atoms with Crippen molar-refractivity contribution in [2.24, 2.45) is 0 Å². The lowest BCUT2D eigenvalue weighted by molar-refractivity contribution is -0.757. The number of imide groups is 1. The summed E-state index contributed by atoms with van der Waals surface area (Å²) in [5.41, 5.74) is 0.478. The van der Waals surface area contributed by atoms with Crippen molar-refractivity contribution in [1.82, 2.24) is 10.2 Å². The Labute approximate surface area is 142 Å². The average Bonchev–Trinajstić information content (AvgIpc) is 2.79. The molecule has 3 amide bonds. The summed E-state index contributed by atoms with van der Waals surface area (Å²) in [6, 6.07) is 4.53. The highest BCUT2D eigenvalue weighted by Crippen LogP contribution is 2.27. The van der Waals surface area contributed by atoms with E-state index < -0.39 is 16.9 Å². The highest BCUT2D eigenvalue weighted by atomic mass is 16.9. The van der Waals surface area contributed by atoms with E-state index in [1.165, 1.54) is 19.1 Å². The SMILES string of the molecule is CC(=O)NCCOc1ccc2c(c1)C(=O)N(CCCO[N+](=O)[O-])C2=O. The molecule has 0 aromatic heterocycles. The third kappa shape index (κ3) is 4.66. The van der Waals surface area contributed by atoms with Crippen LogP contribution in [0.4, 0.5) is 0 Å². The molecule has 2 rings (SSSR count). The molecule has 1 aromatic rings. The van der Waals surface area contributed by atoms with Crippen LogP contribution in [0.25, 0.3) is 0 Å². The van der Waals surface area contributed by atoms with Gasteiger partial charge in [-0.25, -0.2) is 0 Å². The molecule has 1 N–H and O–H groups in total. The average molecular weight is 351 g/mol. The van der Waals surface area contributed by atoms with Crippen LogP contribution in [-0.2, 0) is 9.63 Å². The summed E-state index contributed by atoms with van der Waals surface area (Å²) in [5, 5.41) is 11.7. The minimum absolute atomic E-state index is 0.0267. The normalized spacial score (nSPS) is 12.8. The number of benzene rings is 1. The largest absolute Gasteiger partial charge is 0.492 e. The van der Waals surface area contributed by atoms with Crippen molar-refractivity contribution in [2.75, 3.05) is 26.3 Å². The predicted molar refractivity (Wildman–Crippen MR) is 83.6 cm³/mol. The van der Waals surface area contributed by atoms with Crippen molar-refractivity contribution < 1.29 is 29.0 Å². The first kappa shape index (κ1) is 18.2. The van der Waals surface area contributed by atoms with E-state index in [4.69, 9.17) is 4.74 Å². The standard InChI is InChI=1S/C15H17N3O7/c1-10(19)16-5-8-24-11-3-4-12-13(9-11)15(21)17(14(12)20)6-2-7-25-18(22)23/h3-4,9H,2,5-8H2,1H3,(H,16,19). The Morgan fingerprint density at radius 2 is 1.96 bits per heavy atom. The third-order valence-electron chi connectivity index (χ3n) is 3.41. The first-order chi connectivity index (χ1) is 11.9. The Kier molecular flexibility index (Phi) is 5.88. The number of fused-ring (bicyclic) bond motifs is 1. The van der Waals surface area contributed by atoms with Gasteiger partial charge in [0, 0.05) is 13.5 Å². The maximum atomic E-state index is 12.3. The number of nitrogens with one attached hydrogen (secondary N) is 1. The fourth-order valence-electron chi connectivity index (χ4n) is 2.32. The summed E-state index contributed by atoms with van der Waals surface area (Å²) in [6.07, 6.45) is 0.159. The number of hydrogen-bond acceptors (Lipinski definition) is 7. The summed E-state index contributed by atoms with van der Waals surface area (Å²) in [7, 11) is 0. The van der Waals surface area contributed by atoms with Gasteiger partial charge < -0.3 is 14.9 Å². The second-order valence-corrected chi connectivity index (χ2v) is 5.21. The number of carbonyl (C=O) groups is 3. The van der Waals surface area contributed by atoms with Crippen LogP contribution in [0, 0.1) is 10.1 Å². The molecule has 1 aliphatic rings. The van der Waals surface area contributed by atoms with E-state index in [1.54, 1.807) is 6.07 Å². The molecule has 0 radical (unpaired) electrons. The van der Waals surface area contributed by atoms with Gasteiger partial charge in [-0.05, 0) is 24.6 Å². The topological polar surface area (TPSA) is 128 Å². The van der Waals surface area contributed by atoms with Crippen molar-refractivity contribution in [2.45, 2.75) is 13.3 Å². The summed E-state index contributed by atoms with van der Waals surface area (Å²) < 4.78 is 5.43. The first-order valence-electron chi connectivity index (χ1n) is 7.55. The van der Waals surface area contributed by atoms with Gasteiger partial charge in [-0.3, -0.25) is 19.3 Å². The van der Waals surface area contributed by atoms with Crippen molar-refractivity contribution in [3.63, 3.8) is 0 Å². The monoisotopic (exact) mass is 351 g/mol. The van der Waals surface area contributed by atoms with E-state index in [-0.39, 0.29) is 43.2 Å². The molecule has 1 aromatic carbocycles. The zero-order valence-corrected chi connectivity index (χ0v) is 13.5. The highest BCUT2D eigenvalue weighted by Gasteiger charge is 2.35. The molecule has 10 heteroatoms. The van der Waals surface area contributed by atoms with Crippen LogP contribution < -0.4 is 10.1 Å². The molecule has 0 spiro atoms. The first-order valence-corrected chi connectivity index (χ1v) is 7.55. The van der Waals surface area contributed by atoms with Gasteiger partial charge in [0.1, 0.15) is 12.4 Å². The molecule has 1 aliphatic heterocycles. The summed E-state index contributed by atoms with van der Waals surface area (Å²) in [5.74, 6) is -0.696. The second kappa shape index (κ2) is 8.08. The molecule has 0 aliphatic carbocycles. The maximum absolute atomic E-state index is 12.3. The molecule has 25 heavy (non-hydrogen) atoms. The Bertz CT molecular complexity index is 704. The molecule has 0 atom stereocenters. The molecule has 10 nitrogen and oxygen atoms in total. The molecule has 0 saturated carbocycles. The van der Waals surface area contributed by atoms with Gasteiger partial charge in [0.2, 0.25) is 5.91 Å². The highest BCUT2D eigenvalue weighted by molar-refractivity contribution is 6.21. The number of rotatable bonds is 9. The molecule has 134 valence electrons. The van der Waals surface area contributed by atoms with Crippen LogP contribution in [0.1, 0.15) is 34.1 Å². The van der Waals surface area contributed by atoms with E-state index in [0.717, 1.165) is 4.90 Å².